The topological polar surface area (TPSA) is 147 Å². The molecule has 1 saturated heterocycles. The molecule has 0 saturated carbocycles. The molecule has 1 aromatic heterocycles. The average Bonchev–Trinajstić information content (AvgIpc) is 3.51. The zero-order valence-corrected chi connectivity index (χ0v) is 25.3. The van der Waals surface area contributed by atoms with Crippen LogP contribution in [0, 0.1) is 0 Å². The highest BCUT2D eigenvalue weighted by Crippen LogP contribution is 2.42. The summed E-state index contributed by atoms with van der Waals surface area (Å²) in [7, 11) is 0. The number of benzene rings is 3. The summed E-state index contributed by atoms with van der Waals surface area (Å²) in [6.45, 7) is 3.67. The number of oxime groups is 1. The van der Waals surface area contributed by atoms with Crippen molar-refractivity contribution in [3.63, 3.8) is 0 Å². The minimum absolute atomic E-state index is 0.132. The number of nitrogens with two attached hydrogens (primary N) is 1. The fourth-order valence-electron chi connectivity index (χ4n) is 5.40. The van der Waals surface area contributed by atoms with Crippen LogP contribution < -0.4 is 11.1 Å². The summed E-state index contributed by atoms with van der Waals surface area (Å²) in [5.41, 5.74) is 7.23. The Balaban J connectivity index is 1.40. The number of fused-ring (bicyclic) bond motifs is 1. The van der Waals surface area contributed by atoms with Crippen molar-refractivity contribution in [3.05, 3.63) is 143 Å². The number of nitrogens with one attached hydrogen (secondary N) is 1. The molecule has 6 rings (SSSR count). The van der Waals surface area contributed by atoms with Crippen LogP contribution >= 0.6 is 23.1 Å². The number of rotatable bonds is 10. The molecule has 0 aliphatic carbocycles. The lowest BCUT2D eigenvalue weighted by molar-refractivity contribution is -0.150. The Morgan fingerprint density at radius 1 is 1.02 bits per heavy atom. The standard InChI is InChI=1S/C33H27N5O5S2/c1-2-20-18-44-30-26(29(40)38(30)27(20)31(41)42)36-28(39)25(24-19-45-32(34)35-24)37-43-33(21-12-6-3-7-13-21,22-14-8-4-9-15-22)23-16-10-5-11-17-23/h2-17,19,26,30H,1,18H2,(H2,34,35)(H,36,39)(H,41,42)/b37-25-. The number of carboxylic acids is 1. The number of nitrogen functional groups attached to an aromatic ring is 1. The second-order valence-electron chi connectivity index (χ2n) is 10.1. The molecule has 3 heterocycles. The van der Waals surface area contributed by atoms with Gasteiger partial charge in [0.05, 0.1) is 0 Å². The number of hydrogen-bond acceptors (Lipinski definition) is 9. The maximum absolute atomic E-state index is 13.9. The van der Waals surface area contributed by atoms with Crippen LogP contribution in [0.4, 0.5) is 5.13 Å². The second-order valence-corrected chi connectivity index (χ2v) is 12.1. The van der Waals surface area contributed by atoms with Crippen LogP contribution in [0.1, 0.15) is 22.4 Å². The first-order valence-electron chi connectivity index (χ1n) is 13.8. The van der Waals surface area contributed by atoms with Crippen LogP contribution in [0.3, 0.4) is 0 Å². The lowest BCUT2D eigenvalue weighted by Gasteiger charge is -2.49. The Hall–Kier alpha value is -5.20. The Bertz CT molecular complexity index is 1730. The van der Waals surface area contributed by atoms with Crippen LogP contribution in [-0.2, 0) is 24.8 Å². The fraction of sp³-hybridized carbons (Fsp3) is 0.121. The highest BCUT2D eigenvalue weighted by atomic mass is 32.2. The van der Waals surface area contributed by atoms with Crippen molar-refractivity contribution < 1.29 is 24.3 Å². The first-order valence-corrected chi connectivity index (χ1v) is 15.8. The maximum atomic E-state index is 13.9. The summed E-state index contributed by atoms with van der Waals surface area (Å²) >= 11 is 2.46. The van der Waals surface area contributed by atoms with Crippen molar-refractivity contribution >= 4 is 51.7 Å². The molecule has 10 nitrogen and oxygen atoms in total. The van der Waals surface area contributed by atoms with Gasteiger partial charge in [0.15, 0.2) is 10.8 Å². The molecule has 12 heteroatoms. The van der Waals surface area contributed by atoms with E-state index in [1.54, 1.807) is 5.38 Å². The van der Waals surface area contributed by atoms with Gasteiger partial charge in [0.1, 0.15) is 22.8 Å². The molecule has 2 atom stereocenters. The quantitative estimate of drug-likeness (QED) is 0.101. The summed E-state index contributed by atoms with van der Waals surface area (Å²) in [5.74, 6) is -2.19. The van der Waals surface area contributed by atoms with E-state index in [2.05, 4.69) is 22.0 Å². The number of carbonyl (C=O) groups is 3. The summed E-state index contributed by atoms with van der Waals surface area (Å²) in [6, 6.07) is 27.6. The van der Waals surface area contributed by atoms with Gasteiger partial charge in [-0.25, -0.2) is 9.78 Å². The highest BCUT2D eigenvalue weighted by Gasteiger charge is 2.54. The molecule has 0 spiro atoms. The van der Waals surface area contributed by atoms with Gasteiger partial charge in [-0.3, -0.25) is 14.5 Å². The SMILES string of the molecule is C=CC1=C(C(=O)O)N2C(=O)C(NC(=O)/C(=N\OC(c3ccccc3)(c3ccccc3)c3ccccc3)c3csc(N)n3)C2SC1. The lowest BCUT2D eigenvalue weighted by atomic mass is 9.80. The molecule has 0 bridgehead atoms. The zero-order chi connectivity index (χ0) is 31.6. The van der Waals surface area contributed by atoms with Crippen molar-refractivity contribution in [1.82, 2.24) is 15.2 Å². The third-order valence-electron chi connectivity index (χ3n) is 7.53. The van der Waals surface area contributed by atoms with Gasteiger partial charge >= 0.3 is 5.97 Å². The predicted molar refractivity (Wildman–Crippen MR) is 173 cm³/mol. The van der Waals surface area contributed by atoms with E-state index in [0.717, 1.165) is 28.0 Å². The molecule has 2 aliphatic heterocycles. The lowest BCUT2D eigenvalue weighted by Crippen LogP contribution is -2.71. The molecule has 1 fully saturated rings. The number of carboxylic acid groups (broad SMARTS) is 1. The number of thiazole rings is 1. The van der Waals surface area contributed by atoms with Gasteiger partial charge < -0.3 is 21.0 Å². The van der Waals surface area contributed by atoms with Crippen LogP contribution in [0.5, 0.6) is 0 Å². The van der Waals surface area contributed by atoms with Crippen LogP contribution in [0.15, 0.2) is 125 Å². The van der Waals surface area contributed by atoms with Gasteiger partial charge in [0.2, 0.25) is 5.60 Å². The molecule has 2 amide bonds. The number of nitrogens with zero attached hydrogens (tertiary/aromatic N) is 3. The number of allylic oxidation sites excluding steroid dienone is 1. The molecule has 4 aromatic rings. The molecule has 226 valence electrons. The molecular weight excluding hydrogens is 611 g/mol. The third-order valence-corrected chi connectivity index (χ3v) is 9.50. The van der Waals surface area contributed by atoms with E-state index in [1.165, 1.54) is 22.7 Å². The number of aromatic nitrogens is 1. The zero-order valence-electron chi connectivity index (χ0n) is 23.7. The van der Waals surface area contributed by atoms with Crippen LogP contribution in [-0.4, -0.2) is 55.7 Å². The second kappa shape index (κ2) is 12.4. The van der Waals surface area contributed by atoms with Crippen molar-refractivity contribution in [1.29, 1.82) is 0 Å². The fourth-order valence-corrected chi connectivity index (χ4v) is 7.29. The van der Waals surface area contributed by atoms with Crippen molar-refractivity contribution in [2.24, 2.45) is 5.16 Å². The van der Waals surface area contributed by atoms with Gasteiger partial charge in [-0.1, -0.05) is 109 Å². The van der Waals surface area contributed by atoms with E-state index in [-0.39, 0.29) is 22.2 Å². The highest BCUT2D eigenvalue weighted by molar-refractivity contribution is 8.00. The average molecular weight is 638 g/mol. The van der Waals surface area contributed by atoms with Crippen molar-refractivity contribution in [2.45, 2.75) is 17.0 Å². The molecule has 45 heavy (non-hydrogen) atoms. The van der Waals surface area contributed by atoms with Crippen LogP contribution in [0.25, 0.3) is 0 Å². The monoisotopic (exact) mass is 637 g/mol. The van der Waals surface area contributed by atoms with Gasteiger partial charge in [-0.15, -0.1) is 23.1 Å². The van der Waals surface area contributed by atoms with E-state index in [0.29, 0.717) is 11.3 Å². The third kappa shape index (κ3) is 5.38. The van der Waals surface area contributed by atoms with E-state index < -0.39 is 34.8 Å². The molecule has 3 aromatic carbocycles. The maximum Gasteiger partial charge on any atom is 0.352 e. The Morgan fingerprint density at radius 3 is 2.04 bits per heavy atom. The molecule has 0 radical (unpaired) electrons. The van der Waals surface area contributed by atoms with E-state index >= 15 is 0 Å². The van der Waals surface area contributed by atoms with E-state index in [1.807, 2.05) is 91.0 Å². The predicted octanol–water partition coefficient (Wildman–Crippen LogP) is 4.36. The van der Waals surface area contributed by atoms with Crippen molar-refractivity contribution in [3.8, 4) is 0 Å². The summed E-state index contributed by atoms with van der Waals surface area (Å²) in [4.78, 5) is 51.1. The van der Waals surface area contributed by atoms with E-state index in [9.17, 15) is 19.5 Å². The summed E-state index contributed by atoms with van der Waals surface area (Å²) in [5, 5.41) is 18.2. The number of amides is 2. The number of anilines is 1. The number of carbonyl (C=O) groups excluding carboxylic acids is 2. The smallest absolute Gasteiger partial charge is 0.352 e. The van der Waals surface area contributed by atoms with E-state index in [4.69, 9.17) is 10.6 Å². The minimum atomic E-state index is -1.28. The number of aliphatic carboxylic acids is 1. The Kier molecular flexibility index (Phi) is 8.24. The Morgan fingerprint density at radius 2 is 1.58 bits per heavy atom. The van der Waals surface area contributed by atoms with Gasteiger partial charge in [0.25, 0.3) is 11.8 Å². The number of thioether (sulfide) groups is 1. The van der Waals surface area contributed by atoms with Gasteiger partial charge in [0, 0.05) is 27.8 Å². The number of β-lactam (4-membered cyclic amide) rings is 1. The first-order chi connectivity index (χ1) is 21.8. The molecule has 2 aliphatic rings. The molecular formula is C33H27N5O5S2. The first kappa shape index (κ1) is 29.9. The summed E-state index contributed by atoms with van der Waals surface area (Å²) in [6.07, 6.45) is 1.43. The normalized spacial score (nSPS) is 18.1. The molecule has 2 unspecified atom stereocenters. The minimum Gasteiger partial charge on any atom is -0.477 e. The molecule has 4 N–H and O–H groups in total. The van der Waals surface area contributed by atoms with Crippen molar-refractivity contribution in [2.75, 3.05) is 11.5 Å². The van der Waals surface area contributed by atoms with Gasteiger partial charge in [-0.2, -0.15) is 0 Å². The van der Waals surface area contributed by atoms with Gasteiger partial charge in [-0.05, 0) is 5.57 Å². The largest absolute Gasteiger partial charge is 0.477 e. The summed E-state index contributed by atoms with van der Waals surface area (Å²) < 4.78 is 0. The van der Waals surface area contributed by atoms with Crippen LogP contribution in [0.2, 0.25) is 0 Å². The number of hydrogen-bond donors (Lipinski definition) is 3. The Labute approximate surface area is 266 Å².